The fourth-order valence-electron chi connectivity index (χ4n) is 1.81. The molecule has 0 aromatic carbocycles. The van der Waals surface area contributed by atoms with Gasteiger partial charge in [-0.25, -0.2) is 4.39 Å². The average Bonchev–Trinajstić information content (AvgIpc) is 2.59. The Morgan fingerprint density at radius 3 is 2.60 bits per heavy atom. The van der Waals surface area contributed by atoms with E-state index in [1.54, 1.807) is 0 Å². The van der Waals surface area contributed by atoms with Crippen molar-refractivity contribution in [3.8, 4) is 0 Å². The van der Waals surface area contributed by atoms with Gasteiger partial charge in [-0.05, 0) is 5.16 Å². The van der Waals surface area contributed by atoms with Gasteiger partial charge in [0.1, 0.15) is 24.8 Å². The Labute approximate surface area is 114 Å². The number of aliphatic imine (C=N–C) groups is 1. The smallest absolute Gasteiger partial charge is 0.263 e. The predicted octanol–water partition coefficient (Wildman–Crippen LogP) is -1.27. The average molecular weight is 291 g/mol. The molecule has 1 heterocycles. The van der Waals surface area contributed by atoms with Gasteiger partial charge < -0.3 is 36.6 Å². The maximum Gasteiger partial charge on any atom is 0.263 e. The first kappa shape index (κ1) is 16.3. The summed E-state index contributed by atoms with van der Waals surface area (Å²) >= 11 is 0. The second kappa shape index (κ2) is 5.69. The first-order valence-corrected chi connectivity index (χ1v) is 5.70. The number of rotatable bonds is 3. The highest BCUT2D eigenvalue weighted by Gasteiger charge is 2.60. The van der Waals surface area contributed by atoms with Gasteiger partial charge in [0.15, 0.2) is 0 Å². The number of nitrogens with two attached hydrogens (primary N) is 1. The van der Waals surface area contributed by atoms with Crippen LogP contribution in [-0.2, 0) is 4.74 Å². The maximum atomic E-state index is 14.1. The van der Waals surface area contributed by atoms with Crippen molar-refractivity contribution < 1.29 is 24.5 Å². The Morgan fingerprint density at radius 1 is 1.60 bits per heavy atom. The minimum absolute atomic E-state index is 0.254. The van der Waals surface area contributed by atoms with Crippen LogP contribution in [0.4, 0.5) is 4.39 Å². The molecule has 3 atom stereocenters. The van der Waals surface area contributed by atoms with Crippen molar-refractivity contribution in [2.75, 3.05) is 6.61 Å². The van der Waals surface area contributed by atoms with Crippen molar-refractivity contribution in [2.24, 2.45) is 21.3 Å². The largest absolute Gasteiger partial charge is 0.408 e. The van der Waals surface area contributed by atoms with Crippen molar-refractivity contribution in [2.45, 2.75) is 32.0 Å². The zero-order chi connectivity index (χ0) is 15.6. The molecule has 0 aromatic rings. The van der Waals surface area contributed by atoms with E-state index in [1.165, 1.54) is 13.8 Å². The highest BCUT2D eigenvalue weighted by Crippen LogP contribution is 2.43. The predicted molar refractivity (Wildman–Crippen MR) is 68.3 cm³/mol. The van der Waals surface area contributed by atoms with E-state index in [1.807, 2.05) is 0 Å². The molecule has 1 fully saturated rings. The lowest BCUT2D eigenvalue weighted by molar-refractivity contribution is -0.197. The van der Waals surface area contributed by atoms with Crippen LogP contribution in [0.15, 0.2) is 10.1 Å². The number of alkyl halides is 1. The molecule has 20 heavy (non-hydrogen) atoms. The number of halogens is 1. The first-order valence-electron chi connectivity index (χ1n) is 5.70. The molecule has 0 aliphatic carbocycles. The lowest BCUT2D eigenvalue weighted by Gasteiger charge is -2.28. The summed E-state index contributed by atoms with van der Waals surface area (Å²) in [6, 6.07) is 0. The third-order valence-corrected chi connectivity index (χ3v) is 3.06. The second-order valence-corrected chi connectivity index (χ2v) is 4.92. The number of aliphatic hydroxyl groups excluding tert-OH is 2. The molecular weight excluding hydrogens is 273 g/mol. The van der Waals surface area contributed by atoms with Gasteiger partial charge in [-0.2, -0.15) is 4.99 Å². The van der Waals surface area contributed by atoms with Crippen LogP contribution in [0.5, 0.6) is 0 Å². The van der Waals surface area contributed by atoms with Gasteiger partial charge in [-0.3, -0.25) is 0 Å². The summed E-state index contributed by atoms with van der Waals surface area (Å²) in [4.78, 5) is 3.53. The van der Waals surface area contributed by atoms with Crippen molar-refractivity contribution in [3.05, 3.63) is 0 Å². The number of nitrogens with zero attached hydrogens (tertiary/aromatic N) is 2. The molecule has 0 radical (unpaired) electrons. The van der Waals surface area contributed by atoms with Crippen LogP contribution < -0.4 is 11.1 Å². The molecule has 0 aromatic heterocycles. The number of oxime groups is 1. The van der Waals surface area contributed by atoms with E-state index in [-0.39, 0.29) is 5.84 Å². The monoisotopic (exact) mass is 291 g/mol. The molecular formula is C10H18FN5O4. The molecule has 1 aliphatic rings. The van der Waals surface area contributed by atoms with Crippen LogP contribution in [0.25, 0.3) is 0 Å². The van der Waals surface area contributed by atoms with Crippen LogP contribution >= 0.6 is 0 Å². The van der Waals surface area contributed by atoms with E-state index in [9.17, 15) is 9.50 Å². The summed E-state index contributed by atoms with van der Waals surface area (Å²) in [6.45, 7) is 1.95. The zero-order valence-corrected chi connectivity index (χ0v) is 11.0. The molecule has 1 aliphatic heterocycles. The van der Waals surface area contributed by atoms with E-state index in [2.05, 4.69) is 15.5 Å². The Kier molecular flexibility index (Phi) is 4.63. The standard InChI is InChI=1S/C10H18FN5O4/c1-9(2)6(18)10(11,4-17)20-7(9)15-8(16-19)14-5(13)3-12/h3,6-7,12,17-19H,4H2,1-2H3,(H3,13,14,15,16)/t6-,7+,10+/m0/s1. The van der Waals surface area contributed by atoms with E-state index in [0.29, 0.717) is 0 Å². The summed E-state index contributed by atoms with van der Waals surface area (Å²) in [6.07, 6.45) is -2.03. The van der Waals surface area contributed by atoms with E-state index < -0.39 is 36.2 Å². The van der Waals surface area contributed by atoms with Crippen LogP contribution in [0.2, 0.25) is 0 Å². The number of nitrogens with one attached hydrogen (secondary N) is 2. The summed E-state index contributed by atoms with van der Waals surface area (Å²) in [5.41, 5.74) is 4.12. The van der Waals surface area contributed by atoms with E-state index in [0.717, 1.165) is 6.21 Å². The topological polar surface area (TPSA) is 157 Å². The minimum atomic E-state index is -2.64. The second-order valence-electron chi connectivity index (χ2n) is 4.92. The molecule has 0 spiro atoms. The first-order chi connectivity index (χ1) is 9.21. The van der Waals surface area contributed by atoms with Crippen molar-refractivity contribution in [1.29, 1.82) is 5.41 Å². The summed E-state index contributed by atoms with van der Waals surface area (Å²) in [7, 11) is 0. The number of amidine groups is 1. The van der Waals surface area contributed by atoms with Crippen LogP contribution in [0.1, 0.15) is 13.8 Å². The Hall–Kier alpha value is -1.78. The lowest BCUT2D eigenvalue weighted by Crippen LogP contribution is -2.46. The van der Waals surface area contributed by atoms with Gasteiger partial charge in [-0.15, -0.1) is 0 Å². The number of ether oxygens (including phenoxy) is 1. The van der Waals surface area contributed by atoms with E-state index >= 15 is 0 Å². The van der Waals surface area contributed by atoms with Crippen LogP contribution in [0, 0.1) is 10.8 Å². The molecule has 114 valence electrons. The van der Waals surface area contributed by atoms with Crippen LogP contribution in [-0.4, -0.2) is 58.2 Å². The number of hydrogen-bond acceptors (Lipinski definition) is 6. The SMILES string of the molecule is CC1(C)[C@H](NC(=N/O)/N=C(/N)C=N)O[C@](F)(CO)[C@H]1O. The molecule has 1 rings (SSSR count). The van der Waals surface area contributed by atoms with E-state index in [4.69, 9.17) is 26.2 Å². The summed E-state index contributed by atoms with van der Waals surface area (Å²) < 4.78 is 19.0. The minimum Gasteiger partial charge on any atom is -0.408 e. The van der Waals surface area contributed by atoms with Gasteiger partial charge in [0.05, 0.1) is 6.21 Å². The third-order valence-electron chi connectivity index (χ3n) is 3.06. The molecule has 10 heteroatoms. The molecule has 0 saturated carbocycles. The number of aliphatic hydroxyl groups is 2. The van der Waals surface area contributed by atoms with Gasteiger partial charge >= 0.3 is 0 Å². The van der Waals surface area contributed by atoms with Crippen molar-refractivity contribution in [3.63, 3.8) is 0 Å². The number of hydrogen-bond donors (Lipinski definition) is 6. The highest BCUT2D eigenvalue weighted by atomic mass is 19.2. The molecule has 7 N–H and O–H groups in total. The summed E-state index contributed by atoms with van der Waals surface area (Å²) in [5.74, 6) is -3.31. The molecule has 0 bridgehead atoms. The highest BCUT2D eigenvalue weighted by molar-refractivity contribution is 6.29. The Balaban J connectivity index is 2.95. The maximum absolute atomic E-state index is 14.1. The Morgan fingerprint density at radius 2 is 2.20 bits per heavy atom. The fraction of sp³-hybridized carbons (Fsp3) is 0.700. The van der Waals surface area contributed by atoms with Crippen LogP contribution in [0.3, 0.4) is 0 Å². The molecule has 0 amide bonds. The fourth-order valence-corrected chi connectivity index (χ4v) is 1.81. The summed E-state index contributed by atoms with van der Waals surface area (Å²) in [5, 5.41) is 39.7. The Bertz CT molecular complexity index is 441. The van der Waals surface area contributed by atoms with Gasteiger partial charge in [0, 0.05) is 5.41 Å². The number of guanidine groups is 1. The lowest BCUT2D eigenvalue weighted by atomic mass is 9.84. The zero-order valence-electron chi connectivity index (χ0n) is 11.0. The van der Waals surface area contributed by atoms with Crippen molar-refractivity contribution >= 4 is 18.0 Å². The quantitative estimate of drug-likeness (QED) is 0.165. The molecule has 9 nitrogen and oxygen atoms in total. The van der Waals surface area contributed by atoms with Gasteiger partial charge in [0.25, 0.3) is 11.8 Å². The van der Waals surface area contributed by atoms with Gasteiger partial charge in [-0.1, -0.05) is 13.8 Å². The van der Waals surface area contributed by atoms with Gasteiger partial charge in [0.2, 0.25) is 0 Å². The normalized spacial score (nSPS) is 34.0. The third kappa shape index (κ3) is 2.86. The molecule has 1 saturated heterocycles. The van der Waals surface area contributed by atoms with Crippen molar-refractivity contribution in [1.82, 2.24) is 5.32 Å². The molecule has 0 unspecified atom stereocenters.